The predicted molar refractivity (Wildman–Crippen MR) is 110 cm³/mol. The van der Waals surface area contributed by atoms with E-state index in [0.717, 1.165) is 25.9 Å². The van der Waals surface area contributed by atoms with Gasteiger partial charge in [0.05, 0.1) is 23.3 Å². The van der Waals surface area contributed by atoms with Gasteiger partial charge in [-0.15, -0.1) is 0 Å². The molecule has 1 aliphatic rings. The lowest BCUT2D eigenvalue weighted by atomic mass is 10.1. The molecule has 1 N–H and O–H groups in total. The van der Waals surface area contributed by atoms with Gasteiger partial charge in [0, 0.05) is 31.8 Å². The first-order chi connectivity index (χ1) is 14.9. The fourth-order valence-corrected chi connectivity index (χ4v) is 3.53. The van der Waals surface area contributed by atoms with Crippen LogP contribution in [0.2, 0.25) is 0 Å². The van der Waals surface area contributed by atoms with Gasteiger partial charge in [-0.25, -0.2) is 0 Å². The van der Waals surface area contributed by atoms with Crippen LogP contribution in [0.15, 0.2) is 36.4 Å². The lowest BCUT2D eigenvalue weighted by Gasteiger charge is -2.21. The number of hydrogen-bond donors (Lipinski definition) is 1. The lowest BCUT2D eigenvalue weighted by Crippen LogP contribution is -2.29. The van der Waals surface area contributed by atoms with Crippen molar-refractivity contribution in [1.29, 1.82) is 0 Å². The first-order valence-corrected chi connectivity index (χ1v) is 9.82. The molecule has 0 aromatic heterocycles. The van der Waals surface area contributed by atoms with E-state index >= 15 is 0 Å². The number of methoxy groups -OCH3 is 1. The normalized spacial score (nSPS) is 13.4. The fraction of sp³-hybridized carbons (Fsp3) is 0.381. The van der Waals surface area contributed by atoms with E-state index in [1.54, 1.807) is 12.1 Å². The van der Waals surface area contributed by atoms with Gasteiger partial charge in [-0.05, 0) is 43.0 Å². The first-order valence-electron chi connectivity index (χ1n) is 9.82. The Kier molecular flexibility index (Phi) is 7.22. The molecule has 0 radical (unpaired) electrons. The number of nitro benzene ring substituents is 1. The Bertz CT molecular complexity index is 949. The molecule has 1 fully saturated rings. The summed E-state index contributed by atoms with van der Waals surface area (Å²) in [5.41, 5.74) is 1.41. The Balaban J connectivity index is 1.70. The van der Waals surface area contributed by atoms with E-state index in [1.807, 2.05) is 4.90 Å². The molecule has 0 bridgehead atoms. The monoisotopic (exact) mass is 435 g/mol. The van der Waals surface area contributed by atoms with Crippen LogP contribution in [0.3, 0.4) is 0 Å². The summed E-state index contributed by atoms with van der Waals surface area (Å²) in [6.07, 6.45) is 2.35. The minimum atomic E-state index is -2.98. The fourth-order valence-electron chi connectivity index (χ4n) is 3.53. The molecule has 3 rings (SSSR count). The molecule has 1 aliphatic heterocycles. The van der Waals surface area contributed by atoms with Crippen molar-refractivity contribution in [3.05, 3.63) is 57.6 Å². The molecular weight excluding hydrogens is 412 g/mol. The second kappa shape index (κ2) is 10.1. The van der Waals surface area contributed by atoms with Crippen molar-refractivity contribution in [2.45, 2.75) is 25.9 Å². The molecule has 0 aliphatic carbocycles. The maximum Gasteiger partial charge on any atom is 0.387 e. The van der Waals surface area contributed by atoms with Gasteiger partial charge in [-0.2, -0.15) is 8.78 Å². The summed E-state index contributed by atoms with van der Waals surface area (Å²) in [4.78, 5) is 25.5. The van der Waals surface area contributed by atoms with Crippen LogP contribution >= 0.6 is 0 Å². The van der Waals surface area contributed by atoms with Gasteiger partial charge >= 0.3 is 6.61 Å². The summed E-state index contributed by atoms with van der Waals surface area (Å²) in [5, 5.41) is 13.9. The van der Waals surface area contributed by atoms with E-state index in [-0.39, 0.29) is 29.3 Å². The number of anilines is 1. The number of benzene rings is 2. The Hall–Kier alpha value is -3.43. The van der Waals surface area contributed by atoms with Crippen LogP contribution in [0.5, 0.6) is 11.5 Å². The highest BCUT2D eigenvalue weighted by molar-refractivity contribution is 6.00. The summed E-state index contributed by atoms with van der Waals surface area (Å²) in [5.74, 6) is -0.334. The largest absolute Gasteiger partial charge is 0.493 e. The number of ether oxygens (including phenoxy) is 2. The number of rotatable bonds is 9. The topological polar surface area (TPSA) is 93.9 Å². The van der Waals surface area contributed by atoms with Crippen LogP contribution in [0, 0.1) is 10.1 Å². The number of hydrogen-bond acceptors (Lipinski definition) is 6. The molecule has 2 aromatic rings. The molecule has 2 aromatic carbocycles. The van der Waals surface area contributed by atoms with Crippen molar-refractivity contribution in [1.82, 2.24) is 5.32 Å². The second-order valence-electron chi connectivity index (χ2n) is 7.02. The number of nitro groups is 1. The Morgan fingerprint density at radius 3 is 2.58 bits per heavy atom. The van der Waals surface area contributed by atoms with E-state index in [0.29, 0.717) is 17.7 Å². The first kappa shape index (κ1) is 22.3. The third-order valence-electron chi connectivity index (χ3n) is 5.03. The number of alkyl halides is 2. The Morgan fingerprint density at radius 1 is 1.19 bits per heavy atom. The zero-order valence-electron chi connectivity index (χ0n) is 17.0. The predicted octanol–water partition coefficient (Wildman–Crippen LogP) is 3.78. The van der Waals surface area contributed by atoms with Gasteiger partial charge in [-0.1, -0.05) is 6.07 Å². The molecule has 0 spiro atoms. The van der Waals surface area contributed by atoms with E-state index < -0.39 is 17.4 Å². The Morgan fingerprint density at radius 2 is 1.94 bits per heavy atom. The van der Waals surface area contributed by atoms with Crippen molar-refractivity contribution in [3.8, 4) is 11.5 Å². The highest BCUT2D eigenvalue weighted by atomic mass is 19.3. The number of nitrogens with zero attached hydrogens (tertiary/aromatic N) is 2. The third-order valence-corrected chi connectivity index (χ3v) is 5.03. The summed E-state index contributed by atoms with van der Waals surface area (Å²) in [7, 11) is 1.35. The molecule has 1 saturated heterocycles. The van der Waals surface area contributed by atoms with Gasteiger partial charge in [0.25, 0.3) is 11.6 Å². The van der Waals surface area contributed by atoms with Crippen LogP contribution in [0.1, 0.15) is 28.8 Å². The zero-order chi connectivity index (χ0) is 22.4. The third kappa shape index (κ3) is 5.59. The van der Waals surface area contributed by atoms with Gasteiger partial charge < -0.3 is 19.7 Å². The lowest BCUT2D eigenvalue weighted by molar-refractivity contribution is -0.384. The van der Waals surface area contributed by atoms with Crippen molar-refractivity contribution < 1.29 is 28.0 Å². The molecule has 0 saturated carbocycles. The number of non-ortho nitro benzene ring substituents is 1. The Labute approximate surface area is 177 Å². The van der Waals surface area contributed by atoms with Gasteiger partial charge in [0.1, 0.15) is 0 Å². The minimum Gasteiger partial charge on any atom is -0.493 e. The minimum absolute atomic E-state index is 0.0867. The molecule has 1 amide bonds. The smallest absolute Gasteiger partial charge is 0.387 e. The molecule has 31 heavy (non-hydrogen) atoms. The standard InChI is InChI=1S/C21H23F2N3O5/c1-30-18-7-4-14(12-19(18)31-21(22)23)8-9-24-20(27)16-13-15(26(28)29)5-6-17(16)25-10-2-3-11-25/h4-7,12-13,21H,2-3,8-11H2,1H3,(H,24,27). The summed E-state index contributed by atoms with van der Waals surface area (Å²) >= 11 is 0. The highest BCUT2D eigenvalue weighted by Crippen LogP contribution is 2.30. The van der Waals surface area contributed by atoms with E-state index in [4.69, 9.17) is 4.74 Å². The molecule has 8 nitrogen and oxygen atoms in total. The number of carbonyl (C=O) groups excluding carboxylic acids is 1. The van der Waals surface area contributed by atoms with Crippen LogP contribution < -0.4 is 19.7 Å². The quantitative estimate of drug-likeness (QED) is 0.476. The van der Waals surface area contributed by atoms with Crippen molar-refractivity contribution >= 4 is 17.3 Å². The van der Waals surface area contributed by atoms with Crippen LogP contribution in [-0.4, -0.2) is 44.2 Å². The van der Waals surface area contributed by atoms with E-state index in [1.165, 1.54) is 31.4 Å². The second-order valence-corrected chi connectivity index (χ2v) is 7.02. The average Bonchev–Trinajstić information content (AvgIpc) is 3.27. The SMILES string of the molecule is COc1ccc(CCNC(=O)c2cc([N+](=O)[O-])ccc2N2CCCC2)cc1OC(F)F. The van der Waals surface area contributed by atoms with Crippen LogP contribution in [-0.2, 0) is 6.42 Å². The summed E-state index contributed by atoms with van der Waals surface area (Å²) in [6.45, 7) is -1.20. The number of amides is 1. The van der Waals surface area contributed by atoms with Crippen LogP contribution in [0.25, 0.3) is 0 Å². The van der Waals surface area contributed by atoms with E-state index in [9.17, 15) is 23.7 Å². The maximum atomic E-state index is 12.8. The van der Waals surface area contributed by atoms with E-state index in [2.05, 4.69) is 10.1 Å². The molecule has 166 valence electrons. The molecular formula is C21H23F2N3O5. The zero-order valence-corrected chi connectivity index (χ0v) is 17.0. The van der Waals surface area contributed by atoms with Gasteiger partial charge in [-0.3, -0.25) is 14.9 Å². The highest BCUT2D eigenvalue weighted by Gasteiger charge is 2.22. The van der Waals surface area contributed by atoms with Gasteiger partial charge in [0.15, 0.2) is 11.5 Å². The molecule has 0 unspecified atom stereocenters. The summed E-state index contributed by atoms with van der Waals surface area (Å²) < 4.78 is 34.6. The number of halogens is 2. The number of nitrogens with one attached hydrogen (secondary N) is 1. The molecule has 10 heteroatoms. The van der Waals surface area contributed by atoms with Crippen LogP contribution in [0.4, 0.5) is 20.2 Å². The van der Waals surface area contributed by atoms with Crippen molar-refractivity contribution in [3.63, 3.8) is 0 Å². The van der Waals surface area contributed by atoms with Crippen molar-refractivity contribution in [2.75, 3.05) is 31.6 Å². The summed E-state index contributed by atoms with van der Waals surface area (Å²) in [6, 6.07) is 8.92. The average molecular weight is 435 g/mol. The van der Waals surface area contributed by atoms with Gasteiger partial charge in [0.2, 0.25) is 0 Å². The van der Waals surface area contributed by atoms with Crippen molar-refractivity contribution in [2.24, 2.45) is 0 Å². The molecule has 1 heterocycles. The number of carbonyl (C=O) groups is 1. The molecule has 0 atom stereocenters. The maximum absolute atomic E-state index is 12.8.